The third-order valence-corrected chi connectivity index (χ3v) is 3.95. The molecule has 0 unspecified atom stereocenters. The molecule has 106 valence electrons. The second kappa shape index (κ2) is 5.67. The molecule has 0 saturated carbocycles. The molecule has 0 fully saturated rings. The Labute approximate surface area is 128 Å². The van der Waals surface area contributed by atoms with Crippen LogP contribution >= 0.6 is 23.1 Å². The van der Waals surface area contributed by atoms with Crippen molar-refractivity contribution in [3.8, 4) is 5.75 Å². The number of carbonyl (C=O) groups is 1. The van der Waals surface area contributed by atoms with Gasteiger partial charge >= 0.3 is 5.97 Å². The molecule has 3 rings (SSSR count). The quantitative estimate of drug-likeness (QED) is 0.749. The van der Waals surface area contributed by atoms with Crippen molar-refractivity contribution in [1.29, 1.82) is 0 Å². The number of fused-ring (bicyclic) bond motifs is 1. The molecule has 0 amide bonds. The summed E-state index contributed by atoms with van der Waals surface area (Å²) in [7, 11) is 0. The van der Waals surface area contributed by atoms with E-state index in [1.54, 1.807) is 18.2 Å². The first-order valence-electron chi connectivity index (χ1n) is 6.01. The smallest absolute Gasteiger partial charge is 0.342 e. The minimum atomic E-state index is -0.637. The lowest BCUT2D eigenvalue weighted by molar-refractivity contribution is 0.0465. The van der Waals surface area contributed by atoms with Gasteiger partial charge in [0.15, 0.2) is 0 Å². The van der Waals surface area contributed by atoms with Gasteiger partial charge in [0.2, 0.25) is 0 Å². The van der Waals surface area contributed by atoms with Crippen molar-refractivity contribution in [2.45, 2.75) is 6.61 Å². The summed E-state index contributed by atoms with van der Waals surface area (Å²) in [5.74, 6) is -0.733. The number of benzene rings is 2. The first-order valence-corrected chi connectivity index (χ1v) is 7.16. The van der Waals surface area contributed by atoms with Gasteiger partial charge in [-0.3, -0.25) is 0 Å². The molecule has 7 heteroatoms. The van der Waals surface area contributed by atoms with E-state index < -0.39 is 5.97 Å². The Kier molecular flexibility index (Phi) is 3.72. The number of rotatable bonds is 3. The van der Waals surface area contributed by atoms with E-state index in [0.29, 0.717) is 15.4 Å². The fraction of sp³-hybridized carbons (Fsp3) is 0.0714. The van der Waals surface area contributed by atoms with Crippen molar-refractivity contribution in [3.63, 3.8) is 0 Å². The lowest BCUT2D eigenvalue weighted by Crippen LogP contribution is -2.06. The first-order chi connectivity index (χ1) is 10.2. The summed E-state index contributed by atoms with van der Waals surface area (Å²) in [6, 6.07) is 10.5. The SMILES string of the molecule is O=C(OCc1nnsc1Cl)c1ccc2ccccc2c1O. The number of hydrogen-bond acceptors (Lipinski definition) is 6. The Morgan fingerprint density at radius 1 is 1.29 bits per heavy atom. The van der Waals surface area contributed by atoms with Gasteiger partial charge in [-0.1, -0.05) is 46.4 Å². The highest BCUT2D eigenvalue weighted by atomic mass is 35.5. The maximum atomic E-state index is 12.0. The number of aromatic nitrogens is 2. The molecule has 5 nitrogen and oxygen atoms in total. The molecule has 2 aromatic carbocycles. The van der Waals surface area contributed by atoms with Gasteiger partial charge in [-0.05, 0) is 11.5 Å². The number of carbonyl (C=O) groups excluding carboxylic acids is 1. The molecule has 1 heterocycles. The molecule has 0 radical (unpaired) electrons. The minimum Gasteiger partial charge on any atom is -0.506 e. The summed E-state index contributed by atoms with van der Waals surface area (Å²) in [5, 5.41) is 15.4. The van der Waals surface area contributed by atoms with Crippen LogP contribution in [0.1, 0.15) is 16.1 Å². The van der Waals surface area contributed by atoms with Gasteiger partial charge in [0.1, 0.15) is 28.0 Å². The van der Waals surface area contributed by atoms with Gasteiger partial charge in [-0.25, -0.2) is 4.79 Å². The summed E-state index contributed by atoms with van der Waals surface area (Å²) in [6.45, 7) is -0.0829. The van der Waals surface area contributed by atoms with Crippen molar-refractivity contribution in [2.24, 2.45) is 0 Å². The Hall–Kier alpha value is -2.18. The van der Waals surface area contributed by atoms with E-state index in [0.717, 1.165) is 16.9 Å². The zero-order chi connectivity index (χ0) is 14.8. The number of hydrogen-bond donors (Lipinski definition) is 1. The molecule has 21 heavy (non-hydrogen) atoms. The molecule has 0 bridgehead atoms. The minimum absolute atomic E-state index is 0.0829. The van der Waals surface area contributed by atoms with E-state index in [2.05, 4.69) is 9.59 Å². The predicted octanol–water partition coefficient (Wildman–Crippen LogP) is 3.41. The third-order valence-electron chi connectivity index (χ3n) is 2.97. The first kappa shape index (κ1) is 13.8. The zero-order valence-corrected chi connectivity index (χ0v) is 12.2. The summed E-state index contributed by atoms with van der Waals surface area (Å²) in [4.78, 5) is 12.0. The van der Waals surface area contributed by atoms with E-state index in [4.69, 9.17) is 16.3 Å². The van der Waals surface area contributed by atoms with Crippen LogP contribution in [0.4, 0.5) is 0 Å². The average Bonchev–Trinajstić information content (AvgIpc) is 2.91. The van der Waals surface area contributed by atoms with Gasteiger partial charge in [0.05, 0.1) is 0 Å². The van der Waals surface area contributed by atoms with E-state index in [1.807, 2.05) is 12.1 Å². The van der Waals surface area contributed by atoms with Crippen LogP contribution in [0, 0.1) is 0 Å². The molecule has 0 atom stereocenters. The maximum Gasteiger partial charge on any atom is 0.342 e. The van der Waals surface area contributed by atoms with Crippen LogP contribution in [0.25, 0.3) is 10.8 Å². The molecule has 0 aliphatic carbocycles. The summed E-state index contributed by atoms with van der Waals surface area (Å²) in [6.07, 6.45) is 0. The van der Waals surface area contributed by atoms with Crippen molar-refractivity contribution < 1.29 is 14.6 Å². The molecule has 0 aliphatic rings. The van der Waals surface area contributed by atoms with E-state index in [9.17, 15) is 9.90 Å². The van der Waals surface area contributed by atoms with Crippen molar-refractivity contribution >= 4 is 39.9 Å². The lowest BCUT2D eigenvalue weighted by atomic mass is 10.1. The van der Waals surface area contributed by atoms with Gasteiger partial charge in [-0.15, -0.1) is 5.10 Å². The molecular weight excluding hydrogens is 312 g/mol. The highest BCUT2D eigenvalue weighted by Crippen LogP contribution is 2.29. The lowest BCUT2D eigenvalue weighted by Gasteiger charge is -2.07. The van der Waals surface area contributed by atoms with Crippen LogP contribution in [0.2, 0.25) is 4.34 Å². The Bertz CT molecular complexity index is 819. The number of phenolic OH excluding ortho intramolecular Hbond substituents is 1. The predicted molar refractivity (Wildman–Crippen MR) is 79.7 cm³/mol. The summed E-state index contributed by atoms with van der Waals surface area (Å²) < 4.78 is 9.13. The normalized spacial score (nSPS) is 10.7. The van der Waals surface area contributed by atoms with Crippen molar-refractivity contribution in [2.75, 3.05) is 0 Å². The van der Waals surface area contributed by atoms with Crippen LogP contribution < -0.4 is 0 Å². The second-order valence-electron chi connectivity index (χ2n) is 4.25. The highest BCUT2D eigenvalue weighted by molar-refractivity contribution is 7.10. The summed E-state index contributed by atoms with van der Waals surface area (Å²) in [5.41, 5.74) is 0.503. The molecule has 1 N–H and O–H groups in total. The fourth-order valence-corrected chi connectivity index (χ4v) is 2.52. The third kappa shape index (κ3) is 2.68. The van der Waals surface area contributed by atoms with Crippen molar-refractivity contribution in [1.82, 2.24) is 9.59 Å². The molecule has 0 saturated heterocycles. The van der Waals surface area contributed by atoms with Crippen LogP contribution in [-0.2, 0) is 11.3 Å². The van der Waals surface area contributed by atoms with Crippen LogP contribution in [0.5, 0.6) is 5.75 Å². The number of aromatic hydroxyl groups is 1. The fourth-order valence-electron chi connectivity index (χ4n) is 1.91. The number of halogens is 1. The van der Waals surface area contributed by atoms with E-state index >= 15 is 0 Å². The van der Waals surface area contributed by atoms with Gasteiger partial charge < -0.3 is 9.84 Å². The van der Waals surface area contributed by atoms with Crippen LogP contribution in [0.15, 0.2) is 36.4 Å². The van der Waals surface area contributed by atoms with E-state index in [1.165, 1.54) is 6.07 Å². The standard InChI is InChI=1S/C14H9ClN2O3S/c15-13-11(16-17-21-13)7-20-14(19)10-6-5-8-3-1-2-4-9(8)12(10)18/h1-6,18H,7H2. The van der Waals surface area contributed by atoms with Gasteiger partial charge in [-0.2, -0.15) is 0 Å². The summed E-state index contributed by atoms with van der Waals surface area (Å²) >= 11 is 6.85. The Morgan fingerprint density at radius 2 is 2.10 bits per heavy atom. The molecule has 3 aromatic rings. The largest absolute Gasteiger partial charge is 0.506 e. The average molecular weight is 321 g/mol. The second-order valence-corrected chi connectivity index (χ2v) is 5.61. The number of phenols is 1. The topological polar surface area (TPSA) is 72.3 Å². The van der Waals surface area contributed by atoms with Crippen LogP contribution in [-0.4, -0.2) is 20.7 Å². The van der Waals surface area contributed by atoms with Crippen LogP contribution in [0.3, 0.4) is 0 Å². The number of esters is 1. The highest BCUT2D eigenvalue weighted by Gasteiger charge is 2.16. The zero-order valence-electron chi connectivity index (χ0n) is 10.6. The molecule has 0 spiro atoms. The maximum absolute atomic E-state index is 12.0. The Morgan fingerprint density at radius 3 is 2.86 bits per heavy atom. The molecule has 0 aliphatic heterocycles. The van der Waals surface area contributed by atoms with E-state index in [-0.39, 0.29) is 17.9 Å². The monoisotopic (exact) mass is 320 g/mol. The molecule has 1 aromatic heterocycles. The van der Waals surface area contributed by atoms with Gasteiger partial charge in [0, 0.05) is 16.9 Å². The van der Waals surface area contributed by atoms with Gasteiger partial charge in [0.25, 0.3) is 0 Å². The number of ether oxygens (including phenoxy) is 1. The Balaban J connectivity index is 1.85. The number of nitrogens with zero attached hydrogens (tertiary/aromatic N) is 2. The van der Waals surface area contributed by atoms with Crippen molar-refractivity contribution in [3.05, 3.63) is 52.0 Å². The molecular formula is C14H9ClN2O3S.